The van der Waals surface area contributed by atoms with Gasteiger partial charge in [0.25, 0.3) is 0 Å². The maximum Gasteiger partial charge on any atom is 0.340 e. The van der Waals surface area contributed by atoms with Gasteiger partial charge in [0.2, 0.25) is 0 Å². The third-order valence-corrected chi connectivity index (χ3v) is 21.5. The van der Waals surface area contributed by atoms with Gasteiger partial charge in [-0.2, -0.15) is 0 Å². The molecule has 0 radical (unpaired) electrons. The number of carbonyl (C=O) groups is 2. The number of allylic oxidation sites excluding steroid dienone is 5. The number of hydrogen-bond donors (Lipinski definition) is 7. The van der Waals surface area contributed by atoms with Crippen molar-refractivity contribution in [3.8, 4) is 16.9 Å². The average Bonchev–Trinajstić information content (AvgIpc) is 1.71. The van der Waals surface area contributed by atoms with Crippen molar-refractivity contribution < 1.29 is 29.3 Å². The van der Waals surface area contributed by atoms with Gasteiger partial charge in [-0.15, -0.1) is 0 Å². The Hall–Kier alpha value is -5.66. The van der Waals surface area contributed by atoms with E-state index < -0.39 is 11.5 Å². The minimum atomic E-state index is -0.888. The first-order chi connectivity index (χ1) is 40.0. The van der Waals surface area contributed by atoms with Gasteiger partial charge in [0.1, 0.15) is 17.3 Å². The van der Waals surface area contributed by atoms with Crippen molar-refractivity contribution >= 4 is 17.5 Å². The molecule has 82 heavy (non-hydrogen) atoms. The maximum absolute atomic E-state index is 15.3. The highest BCUT2D eigenvalue weighted by Crippen LogP contribution is 2.72. The van der Waals surface area contributed by atoms with Crippen LogP contribution >= 0.6 is 0 Å². The predicted molar refractivity (Wildman–Crippen MR) is 322 cm³/mol. The van der Waals surface area contributed by atoms with E-state index in [1.165, 1.54) is 47.9 Å². The highest BCUT2D eigenvalue weighted by molar-refractivity contribution is 6.07. The molecule has 5 aliphatic heterocycles. The molecule has 5 heterocycles. The molecule has 0 aromatic heterocycles. The molecule has 11 unspecified atom stereocenters. The summed E-state index contributed by atoms with van der Waals surface area (Å²) in [6, 6.07) is 32.9. The number of cyclic esters (lactones) is 1. The fraction of sp³-hybridized carbons (Fsp3) is 0.521. The second-order valence-electron chi connectivity index (χ2n) is 26.3. The smallest absolute Gasteiger partial charge is 0.340 e. The van der Waals surface area contributed by atoms with Gasteiger partial charge >= 0.3 is 11.9 Å². The molecular formula is C71H87N5O6. The van der Waals surface area contributed by atoms with Crippen molar-refractivity contribution in [3.63, 3.8) is 0 Å². The third kappa shape index (κ3) is 10.5. The Morgan fingerprint density at radius 3 is 2.51 bits per heavy atom. The first kappa shape index (κ1) is 55.5. The van der Waals surface area contributed by atoms with Crippen molar-refractivity contribution in [2.75, 3.05) is 26.7 Å². The Morgan fingerprint density at radius 2 is 1.68 bits per heavy atom. The van der Waals surface area contributed by atoms with Gasteiger partial charge in [0, 0.05) is 48.8 Å². The Labute approximate surface area is 486 Å². The molecule has 1 spiro atoms. The molecule has 11 atom stereocenters. The number of aliphatic hydroxyl groups is 1. The van der Waals surface area contributed by atoms with Crippen LogP contribution in [0.1, 0.15) is 150 Å². The summed E-state index contributed by atoms with van der Waals surface area (Å²) in [5.41, 5.74) is 11.7. The van der Waals surface area contributed by atoms with Gasteiger partial charge in [-0.3, -0.25) is 0 Å². The molecule has 0 amide bonds. The van der Waals surface area contributed by atoms with Crippen LogP contribution in [0.3, 0.4) is 0 Å². The molecule has 6 aliphatic carbocycles. The van der Waals surface area contributed by atoms with Gasteiger partial charge in [0.05, 0.1) is 23.3 Å². The van der Waals surface area contributed by atoms with E-state index in [9.17, 15) is 10.2 Å². The predicted octanol–water partition coefficient (Wildman–Crippen LogP) is 11.8. The SMILES string of the molecule is CCC(C=C1OC(=O)C2=C3c4cc(O)ccc4-c4cccc(c4)CNCCc4cc(CNC5CCCC5)cc(c4)C(NCC(C)O)C4CCC(C5CCNC(NC)C5)(CC=C5OC(=O)C6=C5CCC5C3CCC12C65)C4)Cc1ccccc1. The summed E-state index contributed by atoms with van der Waals surface area (Å²) in [7, 11) is 2.07. The van der Waals surface area contributed by atoms with E-state index in [-0.39, 0.29) is 59.0 Å². The first-order valence-electron chi connectivity index (χ1n) is 31.7. The highest BCUT2D eigenvalue weighted by atomic mass is 16.6. The van der Waals surface area contributed by atoms with Crippen LogP contribution in [-0.4, -0.2) is 67.1 Å². The Bertz CT molecular complexity index is 3190. The molecule has 11 aliphatic rings. The lowest BCUT2D eigenvalue weighted by atomic mass is 9.44. The fourth-order valence-corrected chi connectivity index (χ4v) is 17.6. The number of ether oxygens (including phenoxy) is 2. The van der Waals surface area contributed by atoms with Crippen LogP contribution in [0.4, 0.5) is 0 Å². The Kier molecular flexibility index (Phi) is 15.9. The molecule has 4 aromatic carbocycles. The quantitative estimate of drug-likeness (QED) is 0.0679. The van der Waals surface area contributed by atoms with Crippen molar-refractivity contribution in [1.29, 1.82) is 0 Å². The molecular weight excluding hydrogens is 1020 g/mol. The van der Waals surface area contributed by atoms with Crippen molar-refractivity contribution in [2.24, 2.45) is 46.3 Å². The lowest BCUT2D eigenvalue weighted by Gasteiger charge is -2.56. The van der Waals surface area contributed by atoms with Crippen molar-refractivity contribution in [2.45, 2.75) is 160 Å². The first-order valence-corrected chi connectivity index (χ1v) is 31.7. The second kappa shape index (κ2) is 23.4. The average molecular weight is 1110 g/mol. The zero-order valence-electron chi connectivity index (χ0n) is 48.7. The molecule has 14 bridgehead atoms. The molecule has 4 aromatic rings. The number of hydrogen-bond acceptors (Lipinski definition) is 11. The van der Waals surface area contributed by atoms with Crippen LogP contribution in [0.15, 0.2) is 131 Å². The molecule has 432 valence electrons. The third-order valence-electron chi connectivity index (χ3n) is 21.5. The van der Waals surface area contributed by atoms with Gasteiger partial charge in [-0.1, -0.05) is 92.6 Å². The van der Waals surface area contributed by atoms with E-state index in [0.717, 1.165) is 141 Å². The summed E-state index contributed by atoms with van der Waals surface area (Å²) in [6.07, 6.45) is 21.0. The molecule has 3 saturated carbocycles. The lowest BCUT2D eigenvalue weighted by Crippen LogP contribution is -2.52. The number of nitrogens with one attached hydrogen (secondary N) is 5. The Balaban J connectivity index is 0.962. The van der Waals surface area contributed by atoms with Crippen LogP contribution in [0.25, 0.3) is 16.7 Å². The summed E-state index contributed by atoms with van der Waals surface area (Å²) < 4.78 is 13.5. The van der Waals surface area contributed by atoms with Crippen molar-refractivity contribution in [1.82, 2.24) is 26.6 Å². The number of aliphatic hydroxyl groups excluding tert-OH is 1. The monoisotopic (exact) mass is 1110 g/mol. The van der Waals surface area contributed by atoms with Crippen LogP contribution in [-0.2, 0) is 45.0 Å². The number of phenolic OH excluding ortho intramolecular Hbond substituents is 1. The highest BCUT2D eigenvalue weighted by Gasteiger charge is 2.68. The molecule has 11 nitrogen and oxygen atoms in total. The van der Waals surface area contributed by atoms with E-state index in [2.05, 4.69) is 126 Å². The van der Waals surface area contributed by atoms with E-state index in [4.69, 9.17) is 9.47 Å². The fourth-order valence-electron chi connectivity index (χ4n) is 17.6. The van der Waals surface area contributed by atoms with Crippen LogP contribution in [0.2, 0.25) is 0 Å². The van der Waals surface area contributed by atoms with E-state index >= 15 is 9.59 Å². The summed E-state index contributed by atoms with van der Waals surface area (Å²) in [5, 5.41) is 41.5. The molecule has 5 fully saturated rings. The molecule has 7 N–H and O–H groups in total. The summed E-state index contributed by atoms with van der Waals surface area (Å²) in [5.74, 6) is 1.53. The topological polar surface area (TPSA) is 153 Å². The van der Waals surface area contributed by atoms with Crippen LogP contribution in [0.5, 0.6) is 5.75 Å². The second-order valence-corrected chi connectivity index (χ2v) is 26.3. The molecule has 11 heteroatoms. The number of fused-ring (bicyclic) bond motifs is 5. The van der Waals surface area contributed by atoms with E-state index in [0.29, 0.717) is 48.7 Å². The summed E-state index contributed by atoms with van der Waals surface area (Å²) in [6.45, 7) is 7.87. The summed E-state index contributed by atoms with van der Waals surface area (Å²) >= 11 is 0. The zero-order valence-corrected chi connectivity index (χ0v) is 48.7. The number of rotatable bonds is 12. The zero-order chi connectivity index (χ0) is 56.1. The van der Waals surface area contributed by atoms with Crippen molar-refractivity contribution in [3.05, 3.63) is 165 Å². The number of esters is 2. The molecule has 2 saturated heterocycles. The normalized spacial score (nSPS) is 31.1. The van der Waals surface area contributed by atoms with E-state index in [1.807, 2.05) is 19.1 Å². The standard InChI is InChI=1S/C71H87N5O6/c1-4-44(31-45-11-6-5-7-12-45)36-61-71-28-22-56-57-19-20-58-60(81-68(79)64(58)65(57)71)23-27-70(52-25-30-74-62(37-52)72-3)26-21-50(39-70)67(76-40-43(2)77)51-33-46(32-48(35-51)42-75-53-15-8-9-16-53)24-29-73-41-47-13-10-14-49(34-47)55-18-17-54(78)38-59(55)63(56)66(71)69(80)82-61/h5-7,10-14,17-18,23,32-36,38,43-44,50,52-53,56-57,62,65,67,72-78H,4,8-9,15-16,19-22,24-31,37,39-42H2,1-3H3. The number of aromatic hydroxyl groups is 1. The minimum absolute atomic E-state index is 0.0409. The Morgan fingerprint density at radius 1 is 0.817 bits per heavy atom. The molecule has 15 rings (SSSR count). The van der Waals surface area contributed by atoms with Gasteiger partial charge in [-0.25, -0.2) is 9.59 Å². The number of phenols is 1. The summed E-state index contributed by atoms with van der Waals surface area (Å²) in [4.78, 5) is 30.6. The van der Waals surface area contributed by atoms with Gasteiger partial charge in [0.15, 0.2) is 0 Å². The number of benzene rings is 4. The van der Waals surface area contributed by atoms with Crippen LogP contribution in [0, 0.1) is 46.3 Å². The minimum Gasteiger partial charge on any atom is -0.508 e. The lowest BCUT2D eigenvalue weighted by molar-refractivity contribution is -0.135. The van der Waals surface area contributed by atoms with Gasteiger partial charge < -0.3 is 46.3 Å². The number of carbonyl (C=O) groups excluding carboxylic acids is 2. The van der Waals surface area contributed by atoms with E-state index in [1.54, 1.807) is 6.07 Å². The largest absolute Gasteiger partial charge is 0.508 e. The van der Waals surface area contributed by atoms with Crippen LogP contribution < -0.4 is 26.6 Å². The van der Waals surface area contributed by atoms with Gasteiger partial charge in [-0.05, 0) is 239 Å². The maximum atomic E-state index is 15.3. The number of piperidine rings is 1.